The van der Waals surface area contributed by atoms with Crippen LogP contribution in [0.3, 0.4) is 0 Å². The van der Waals surface area contributed by atoms with Gasteiger partial charge in [0.05, 0.1) is 29.0 Å². The lowest BCUT2D eigenvalue weighted by Crippen LogP contribution is -2.49. The normalized spacial score (nSPS) is 21.5. The Morgan fingerprint density at radius 2 is 2.09 bits per heavy atom. The van der Waals surface area contributed by atoms with Crippen molar-refractivity contribution >= 4 is 38.4 Å². The summed E-state index contributed by atoms with van der Waals surface area (Å²) in [6.45, 7) is 1.32. The van der Waals surface area contributed by atoms with Crippen molar-refractivity contribution in [1.29, 1.82) is 0 Å². The minimum Gasteiger partial charge on any atom is -0.338 e. The molecule has 0 aliphatic carbocycles. The van der Waals surface area contributed by atoms with Crippen molar-refractivity contribution in [2.75, 3.05) is 22.7 Å². The van der Waals surface area contributed by atoms with Crippen molar-refractivity contribution in [2.45, 2.75) is 18.5 Å². The lowest BCUT2D eigenvalue weighted by Gasteiger charge is -2.29. The van der Waals surface area contributed by atoms with E-state index in [4.69, 9.17) is 0 Å². The van der Waals surface area contributed by atoms with Crippen LogP contribution in [0.4, 0.5) is 21.7 Å². The number of anilines is 3. The molecule has 0 bridgehead atoms. The van der Waals surface area contributed by atoms with E-state index in [2.05, 4.69) is 30.4 Å². The van der Waals surface area contributed by atoms with Gasteiger partial charge in [0.1, 0.15) is 17.5 Å². The molecule has 0 radical (unpaired) electrons. The topological polar surface area (TPSA) is 117 Å². The number of rotatable bonds is 4. The minimum absolute atomic E-state index is 0.196. The van der Waals surface area contributed by atoms with Crippen molar-refractivity contribution in [3.63, 3.8) is 0 Å². The van der Waals surface area contributed by atoms with Gasteiger partial charge in [0.25, 0.3) is 0 Å². The van der Waals surface area contributed by atoms with Crippen LogP contribution in [0.1, 0.15) is 6.42 Å². The maximum Gasteiger partial charge on any atom is 0.303 e. The number of nitrogens with one attached hydrogen (secondary N) is 3. The van der Waals surface area contributed by atoms with Crippen LogP contribution in [0.2, 0.25) is 0 Å². The van der Waals surface area contributed by atoms with Crippen LogP contribution in [0.15, 0.2) is 61.1 Å². The van der Waals surface area contributed by atoms with Gasteiger partial charge >= 0.3 is 10.2 Å². The lowest BCUT2D eigenvalue weighted by molar-refractivity contribution is 0.407. The highest BCUT2D eigenvalue weighted by Crippen LogP contribution is 2.31. The fourth-order valence-corrected chi connectivity index (χ4v) is 6.16. The third-order valence-corrected chi connectivity index (χ3v) is 7.65. The zero-order valence-electron chi connectivity index (χ0n) is 17.9. The Morgan fingerprint density at radius 1 is 1.18 bits per heavy atom. The fraction of sp³-hybridized carbons (Fsp3) is 0.227. The molecular formula is C22H21FN8O2S. The van der Waals surface area contributed by atoms with E-state index in [9.17, 15) is 12.8 Å². The maximum absolute atomic E-state index is 14.7. The first-order chi connectivity index (χ1) is 16.5. The highest BCUT2D eigenvalue weighted by Gasteiger charge is 2.46. The molecule has 2 aliphatic rings. The quantitative estimate of drug-likeness (QED) is 0.409. The zero-order valence-corrected chi connectivity index (χ0v) is 18.7. The van der Waals surface area contributed by atoms with Crippen LogP contribution < -0.4 is 19.7 Å². The number of piperidine rings is 1. The molecule has 0 amide bonds. The van der Waals surface area contributed by atoms with Crippen LogP contribution >= 0.6 is 0 Å². The van der Waals surface area contributed by atoms with Crippen molar-refractivity contribution < 1.29 is 12.8 Å². The van der Waals surface area contributed by atoms with Crippen LogP contribution in [-0.2, 0) is 10.2 Å². The molecule has 12 heteroatoms. The lowest BCUT2D eigenvalue weighted by atomic mass is 10.0. The summed E-state index contributed by atoms with van der Waals surface area (Å²) in [6.07, 6.45) is 5.67. The predicted octanol–water partition coefficient (Wildman–Crippen LogP) is 2.08. The van der Waals surface area contributed by atoms with Gasteiger partial charge in [-0.25, -0.2) is 23.3 Å². The first-order valence-corrected chi connectivity index (χ1v) is 12.3. The number of halogens is 1. The molecule has 174 valence electrons. The molecule has 0 saturated carbocycles. The Balaban J connectivity index is 1.31. The van der Waals surface area contributed by atoms with E-state index in [0.717, 1.165) is 11.9 Å². The van der Waals surface area contributed by atoms with E-state index in [1.807, 2.05) is 0 Å². The smallest absolute Gasteiger partial charge is 0.303 e. The summed E-state index contributed by atoms with van der Waals surface area (Å²) in [5.74, 6) is 0.286. The van der Waals surface area contributed by atoms with Crippen molar-refractivity contribution in [2.24, 2.45) is 0 Å². The molecule has 6 rings (SSSR count). The molecule has 1 aromatic carbocycles. The largest absolute Gasteiger partial charge is 0.338 e. The van der Waals surface area contributed by atoms with Crippen molar-refractivity contribution in [3.8, 4) is 5.69 Å². The van der Waals surface area contributed by atoms with Gasteiger partial charge in [0.2, 0.25) is 0 Å². The average molecular weight is 481 g/mol. The standard InChI is InChI=1S/C22H21FN8O2S/c23-16-10-15(30-9-1-7-26-30)3-4-17(16)27-21-11-18-14(12-25-21)2-5-22(28-18)31-20-6-8-24-13-19(20)29-34(31,32)33/h1-5,7,9-12,19-20,24,29H,6,8,13H2,(H,25,27). The van der Waals surface area contributed by atoms with Gasteiger partial charge in [-0.05, 0) is 43.3 Å². The summed E-state index contributed by atoms with van der Waals surface area (Å²) < 4.78 is 46.0. The van der Waals surface area contributed by atoms with Crippen LogP contribution in [-0.4, -0.2) is 53.3 Å². The van der Waals surface area contributed by atoms with E-state index in [0.29, 0.717) is 35.8 Å². The van der Waals surface area contributed by atoms with Crippen LogP contribution in [0.5, 0.6) is 0 Å². The molecular weight excluding hydrogens is 459 g/mol. The van der Waals surface area contributed by atoms with Crippen LogP contribution in [0.25, 0.3) is 16.6 Å². The molecule has 5 heterocycles. The van der Waals surface area contributed by atoms with E-state index in [-0.39, 0.29) is 17.8 Å². The highest BCUT2D eigenvalue weighted by molar-refractivity contribution is 7.91. The third-order valence-electron chi connectivity index (χ3n) is 6.08. The Hall–Kier alpha value is -3.61. The molecule has 3 aromatic heterocycles. The summed E-state index contributed by atoms with van der Waals surface area (Å²) in [6, 6.07) is 11.3. The molecule has 10 nitrogen and oxygen atoms in total. The third kappa shape index (κ3) is 3.65. The minimum atomic E-state index is -3.69. The summed E-state index contributed by atoms with van der Waals surface area (Å²) >= 11 is 0. The molecule has 2 aliphatic heterocycles. The summed E-state index contributed by atoms with van der Waals surface area (Å²) in [7, 11) is -3.69. The van der Waals surface area contributed by atoms with Gasteiger partial charge < -0.3 is 10.6 Å². The van der Waals surface area contributed by atoms with Crippen molar-refractivity contribution in [3.05, 3.63) is 66.9 Å². The predicted molar refractivity (Wildman–Crippen MR) is 126 cm³/mol. The molecule has 2 fully saturated rings. The first kappa shape index (κ1) is 21.0. The Kier molecular flexibility index (Phi) is 4.94. The zero-order chi connectivity index (χ0) is 23.3. The average Bonchev–Trinajstić information content (AvgIpc) is 3.45. The van der Waals surface area contributed by atoms with Gasteiger partial charge in [-0.1, -0.05) is 0 Å². The van der Waals surface area contributed by atoms with E-state index in [1.54, 1.807) is 59.7 Å². The first-order valence-electron chi connectivity index (χ1n) is 10.8. The number of hydrogen-bond donors (Lipinski definition) is 3. The van der Waals surface area contributed by atoms with Crippen LogP contribution in [0, 0.1) is 5.82 Å². The second-order valence-electron chi connectivity index (χ2n) is 8.26. The number of hydrogen-bond acceptors (Lipinski definition) is 7. The van der Waals surface area contributed by atoms with E-state index < -0.39 is 16.0 Å². The number of fused-ring (bicyclic) bond motifs is 2. The number of aromatic nitrogens is 4. The number of benzene rings is 1. The summed E-state index contributed by atoms with van der Waals surface area (Å²) in [5.41, 5.74) is 1.40. The van der Waals surface area contributed by atoms with E-state index >= 15 is 0 Å². The molecule has 2 saturated heterocycles. The van der Waals surface area contributed by atoms with Gasteiger partial charge in [0.15, 0.2) is 0 Å². The molecule has 34 heavy (non-hydrogen) atoms. The monoisotopic (exact) mass is 480 g/mol. The Morgan fingerprint density at radius 3 is 2.91 bits per heavy atom. The highest BCUT2D eigenvalue weighted by atomic mass is 32.2. The van der Waals surface area contributed by atoms with Gasteiger partial charge in [-0.15, -0.1) is 0 Å². The Bertz CT molecular complexity index is 1480. The molecule has 4 aromatic rings. The van der Waals surface area contributed by atoms with Gasteiger partial charge in [-0.3, -0.25) is 0 Å². The SMILES string of the molecule is O=S1(=O)NC2CNCCC2N1c1ccc2cnc(Nc3ccc(-n4cccn4)cc3F)cc2n1. The summed E-state index contributed by atoms with van der Waals surface area (Å²) in [5, 5.41) is 11.0. The fourth-order valence-electron chi connectivity index (χ4n) is 4.47. The number of nitrogens with zero attached hydrogens (tertiary/aromatic N) is 5. The second kappa shape index (κ2) is 8.01. The molecule has 0 spiro atoms. The van der Waals surface area contributed by atoms with Gasteiger partial charge in [0, 0.05) is 42.7 Å². The second-order valence-corrected chi connectivity index (χ2v) is 9.84. The van der Waals surface area contributed by atoms with Gasteiger partial charge in [-0.2, -0.15) is 18.2 Å². The van der Waals surface area contributed by atoms with Crippen molar-refractivity contribution in [1.82, 2.24) is 29.8 Å². The summed E-state index contributed by atoms with van der Waals surface area (Å²) in [4.78, 5) is 8.97. The number of pyridine rings is 2. The van der Waals surface area contributed by atoms with E-state index in [1.165, 1.54) is 10.4 Å². The molecule has 3 N–H and O–H groups in total. The molecule has 2 unspecified atom stereocenters. The Labute approximate surface area is 195 Å². The molecule has 2 atom stereocenters. The maximum atomic E-state index is 14.7.